The number of hydrogen-bond acceptors (Lipinski definition) is 7. The van der Waals surface area contributed by atoms with E-state index in [1.54, 1.807) is 9.80 Å². The van der Waals surface area contributed by atoms with Gasteiger partial charge in [0.05, 0.1) is 16.4 Å². The predicted octanol–water partition coefficient (Wildman–Crippen LogP) is 2.13. The fourth-order valence-corrected chi connectivity index (χ4v) is 4.86. The molecular formula is C22H31F3N4O4S. The molecule has 0 spiro atoms. The highest BCUT2D eigenvalue weighted by Crippen LogP contribution is 2.28. The van der Waals surface area contributed by atoms with Crippen LogP contribution in [0, 0.1) is 5.82 Å². The Bertz CT molecular complexity index is 1030. The van der Waals surface area contributed by atoms with Gasteiger partial charge in [0.2, 0.25) is 5.91 Å². The average Bonchev–Trinajstić information content (AvgIpc) is 3.14. The summed E-state index contributed by atoms with van der Waals surface area (Å²) in [6, 6.07) is 2.86. The topological polar surface area (TPSA) is 102 Å². The minimum atomic E-state index is -3.54. The smallest absolute Gasteiger partial charge is 0.291 e. The number of sulfone groups is 1. The van der Waals surface area contributed by atoms with E-state index in [1.807, 2.05) is 0 Å². The van der Waals surface area contributed by atoms with Crippen molar-refractivity contribution >= 4 is 21.4 Å². The summed E-state index contributed by atoms with van der Waals surface area (Å²) >= 11 is 0. The number of rotatable bonds is 9. The Hall–Kier alpha value is -2.47. The lowest BCUT2D eigenvalue weighted by atomic mass is 10.0. The molecule has 0 saturated carbocycles. The Morgan fingerprint density at radius 3 is 2.47 bits per heavy atom. The van der Waals surface area contributed by atoms with Gasteiger partial charge in [-0.1, -0.05) is 13.5 Å². The third kappa shape index (κ3) is 5.77. The normalized spacial score (nSPS) is 21.0. The predicted molar refractivity (Wildman–Crippen MR) is 121 cm³/mol. The van der Waals surface area contributed by atoms with Crippen molar-refractivity contribution in [2.24, 2.45) is 0 Å². The Kier molecular flexibility index (Phi) is 7.71. The summed E-state index contributed by atoms with van der Waals surface area (Å²) in [7, 11) is -3.54. The highest BCUT2D eigenvalue weighted by molar-refractivity contribution is 7.90. The van der Waals surface area contributed by atoms with Crippen LogP contribution in [0.15, 0.2) is 35.5 Å². The Balaban J connectivity index is 1.54. The minimum absolute atomic E-state index is 0.0530. The lowest BCUT2D eigenvalue weighted by Gasteiger charge is -2.39. The van der Waals surface area contributed by atoms with Crippen LogP contribution < -0.4 is 10.6 Å². The lowest BCUT2D eigenvalue weighted by Crippen LogP contribution is -2.51. The molecule has 1 amide bonds. The third-order valence-electron chi connectivity index (χ3n) is 6.40. The van der Waals surface area contributed by atoms with E-state index in [1.165, 1.54) is 19.1 Å². The van der Waals surface area contributed by atoms with E-state index < -0.39 is 40.3 Å². The summed E-state index contributed by atoms with van der Waals surface area (Å²) < 4.78 is 64.7. The van der Waals surface area contributed by atoms with Crippen LogP contribution >= 0.6 is 0 Å². The summed E-state index contributed by atoms with van der Waals surface area (Å²) in [6.45, 7) is 6.48. The molecule has 2 aliphatic heterocycles. The number of carbonyl (C=O) groups excluding carboxylic acids is 1. The molecule has 8 nitrogen and oxygen atoms in total. The van der Waals surface area contributed by atoms with Crippen LogP contribution in [0.1, 0.15) is 32.6 Å². The van der Waals surface area contributed by atoms with E-state index in [4.69, 9.17) is 0 Å². The summed E-state index contributed by atoms with van der Waals surface area (Å²) in [5.41, 5.74) is 0.0623. The second kappa shape index (κ2) is 10.0. The van der Waals surface area contributed by atoms with Crippen LogP contribution in [0.4, 0.5) is 18.9 Å². The van der Waals surface area contributed by atoms with Crippen molar-refractivity contribution < 1.29 is 31.5 Å². The standard InChI is InChI=1S/C22H31F3N4O4S/c1-4-22(24,25)21(31)26-14(2)28-10-7-15(8-11-28)29-12-9-19(20(29)30)27-18-6-5-16(13-17(18)23)34(3,32)33/h5-6,13,15,19,21,26-27,31H,2,4,7-12H2,1,3H3/t19-,21?/m0/s1. The molecule has 2 saturated heterocycles. The first-order valence-electron chi connectivity index (χ1n) is 11.2. The monoisotopic (exact) mass is 504 g/mol. The SMILES string of the molecule is C=C(NC(O)C(F)(F)CC)N1CCC(N2CC[C@H](Nc3ccc(S(C)(=O)=O)cc3F)C2=O)CC1. The Morgan fingerprint density at radius 2 is 1.91 bits per heavy atom. The van der Waals surface area contributed by atoms with Crippen LogP contribution in [0.5, 0.6) is 0 Å². The average molecular weight is 505 g/mol. The fourth-order valence-electron chi connectivity index (χ4n) is 4.23. The molecule has 0 bridgehead atoms. The maximum Gasteiger partial charge on any atom is 0.291 e. The molecule has 1 aromatic carbocycles. The number of likely N-dealkylation sites (tertiary alicyclic amines) is 2. The van der Waals surface area contributed by atoms with Crippen molar-refractivity contribution in [3.8, 4) is 0 Å². The number of carbonyl (C=O) groups is 1. The number of amides is 1. The molecule has 2 aliphatic rings. The maximum atomic E-state index is 14.4. The summed E-state index contributed by atoms with van der Waals surface area (Å²) in [5.74, 6) is -3.97. The Labute approximate surface area is 197 Å². The molecule has 190 valence electrons. The second-order valence-electron chi connectivity index (χ2n) is 8.76. The summed E-state index contributed by atoms with van der Waals surface area (Å²) in [4.78, 5) is 16.3. The number of hydrogen-bond donors (Lipinski definition) is 3. The number of aliphatic hydroxyl groups is 1. The van der Waals surface area contributed by atoms with E-state index in [0.717, 1.165) is 12.3 Å². The van der Waals surface area contributed by atoms with Crippen LogP contribution in [0.3, 0.4) is 0 Å². The van der Waals surface area contributed by atoms with Crippen LogP contribution in [0.25, 0.3) is 0 Å². The van der Waals surface area contributed by atoms with Gasteiger partial charge in [-0.05, 0) is 37.5 Å². The van der Waals surface area contributed by atoms with Gasteiger partial charge in [0.25, 0.3) is 5.92 Å². The van der Waals surface area contributed by atoms with Gasteiger partial charge in [-0.3, -0.25) is 4.79 Å². The van der Waals surface area contributed by atoms with Gasteiger partial charge >= 0.3 is 0 Å². The van der Waals surface area contributed by atoms with Gasteiger partial charge in [0.1, 0.15) is 11.9 Å². The van der Waals surface area contributed by atoms with E-state index in [2.05, 4.69) is 17.2 Å². The van der Waals surface area contributed by atoms with Gasteiger partial charge in [0, 0.05) is 38.4 Å². The number of aliphatic hydroxyl groups excluding tert-OH is 1. The zero-order valence-electron chi connectivity index (χ0n) is 19.2. The van der Waals surface area contributed by atoms with Crippen molar-refractivity contribution in [3.05, 3.63) is 36.4 Å². The molecule has 0 radical (unpaired) electrons. The van der Waals surface area contributed by atoms with Crippen molar-refractivity contribution in [2.45, 2.75) is 61.7 Å². The Morgan fingerprint density at radius 1 is 1.26 bits per heavy atom. The van der Waals surface area contributed by atoms with E-state index in [9.17, 15) is 31.5 Å². The van der Waals surface area contributed by atoms with Gasteiger partial charge in [0.15, 0.2) is 16.1 Å². The van der Waals surface area contributed by atoms with Gasteiger partial charge in [-0.25, -0.2) is 21.6 Å². The third-order valence-corrected chi connectivity index (χ3v) is 7.51. The summed E-state index contributed by atoms with van der Waals surface area (Å²) in [6.07, 6.45) is 0.120. The molecule has 34 heavy (non-hydrogen) atoms. The van der Waals surface area contributed by atoms with E-state index in [-0.39, 0.29) is 28.4 Å². The maximum absolute atomic E-state index is 14.4. The lowest BCUT2D eigenvalue weighted by molar-refractivity contribution is -0.131. The molecule has 2 fully saturated rings. The van der Waals surface area contributed by atoms with Crippen molar-refractivity contribution in [1.82, 2.24) is 15.1 Å². The molecule has 12 heteroatoms. The number of nitrogens with zero attached hydrogens (tertiary/aromatic N) is 2. The zero-order chi connectivity index (χ0) is 25.3. The van der Waals surface area contributed by atoms with E-state index in [0.29, 0.717) is 38.9 Å². The van der Waals surface area contributed by atoms with Gasteiger partial charge in [-0.2, -0.15) is 0 Å². The molecule has 3 rings (SSSR count). The molecule has 2 atom stereocenters. The minimum Gasteiger partial charge on any atom is -0.371 e. The van der Waals surface area contributed by atoms with Crippen molar-refractivity contribution in [1.29, 1.82) is 0 Å². The van der Waals surface area contributed by atoms with Crippen LogP contribution in [-0.4, -0.2) is 79.4 Å². The van der Waals surface area contributed by atoms with Crippen molar-refractivity contribution in [2.75, 3.05) is 31.2 Å². The molecule has 0 aromatic heterocycles. The number of piperidine rings is 1. The zero-order valence-corrected chi connectivity index (χ0v) is 20.0. The highest BCUT2D eigenvalue weighted by atomic mass is 32.2. The molecule has 0 aliphatic carbocycles. The van der Waals surface area contributed by atoms with Gasteiger partial charge in [-0.15, -0.1) is 0 Å². The molecule has 3 N–H and O–H groups in total. The second-order valence-corrected chi connectivity index (χ2v) is 10.8. The number of nitrogens with one attached hydrogen (secondary N) is 2. The van der Waals surface area contributed by atoms with E-state index >= 15 is 0 Å². The number of benzene rings is 1. The largest absolute Gasteiger partial charge is 0.371 e. The molecule has 1 unspecified atom stereocenters. The van der Waals surface area contributed by atoms with Crippen molar-refractivity contribution in [3.63, 3.8) is 0 Å². The fraction of sp³-hybridized carbons (Fsp3) is 0.591. The first kappa shape index (κ1) is 26.1. The molecule has 1 aromatic rings. The van der Waals surface area contributed by atoms with Crippen LogP contribution in [0.2, 0.25) is 0 Å². The van der Waals surface area contributed by atoms with Crippen LogP contribution in [-0.2, 0) is 14.6 Å². The first-order valence-corrected chi connectivity index (χ1v) is 13.1. The van der Waals surface area contributed by atoms with Gasteiger partial charge < -0.3 is 25.5 Å². The first-order chi connectivity index (χ1) is 15.8. The number of alkyl halides is 2. The summed E-state index contributed by atoms with van der Waals surface area (Å²) in [5, 5.41) is 14.9. The number of anilines is 1. The quantitative estimate of drug-likeness (QED) is 0.443. The highest BCUT2D eigenvalue weighted by Gasteiger charge is 2.39. The molecular weight excluding hydrogens is 473 g/mol. The number of halogens is 3. The molecule has 2 heterocycles.